The zero-order valence-electron chi connectivity index (χ0n) is 8.82. The Labute approximate surface area is 104 Å². The van der Waals surface area contributed by atoms with Crippen LogP contribution in [0.3, 0.4) is 0 Å². The lowest BCUT2D eigenvalue weighted by molar-refractivity contribution is 0.627. The van der Waals surface area contributed by atoms with E-state index in [1.807, 2.05) is 6.07 Å². The van der Waals surface area contributed by atoms with Gasteiger partial charge in [0, 0.05) is 6.54 Å². The molecule has 0 amide bonds. The molecular formula is C11H20Cl2N2. The van der Waals surface area contributed by atoms with Crippen molar-refractivity contribution in [3.8, 4) is 0 Å². The molecule has 0 saturated heterocycles. The number of nitrogens with two attached hydrogens (primary N) is 1. The summed E-state index contributed by atoms with van der Waals surface area (Å²) in [6, 6.07) is 10.4. The highest BCUT2D eigenvalue weighted by Crippen LogP contribution is 1.97. The third-order valence-corrected chi connectivity index (χ3v) is 1.98. The molecule has 1 aromatic carbocycles. The molecule has 0 radical (unpaired) electrons. The maximum atomic E-state index is 5.39. The minimum Gasteiger partial charge on any atom is -0.330 e. The van der Waals surface area contributed by atoms with Gasteiger partial charge in [0.2, 0.25) is 0 Å². The fourth-order valence-electron chi connectivity index (χ4n) is 1.22. The standard InChI is InChI=1S/C11H18N2.2ClH/c12-8-4-5-9-13-10-11-6-2-1-3-7-11;;/h1-3,6-7,13H,4-5,8-10,12H2;2*1H. The fourth-order valence-corrected chi connectivity index (χ4v) is 1.22. The number of rotatable bonds is 6. The zero-order valence-corrected chi connectivity index (χ0v) is 10.4. The van der Waals surface area contributed by atoms with Gasteiger partial charge in [0.1, 0.15) is 0 Å². The normalized spacial score (nSPS) is 8.87. The molecule has 0 aliphatic heterocycles. The van der Waals surface area contributed by atoms with Gasteiger partial charge in [0.05, 0.1) is 0 Å². The predicted molar refractivity (Wildman–Crippen MR) is 70.9 cm³/mol. The van der Waals surface area contributed by atoms with E-state index in [9.17, 15) is 0 Å². The molecule has 0 aromatic heterocycles. The van der Waals surface area contributed by atoms with Crippen molar-refractivity contribution in [2.45, 2.75) is 19.4 Å². The predicted octanol–water partition coefficient (Wildman–Crippen LogP) is 2.36. The Kier molecular flexibility index (Phi) is 13.5. The van der Waals surface area contributed by atoms with Gasteiger partial charge in [-0.3, -0.25) is 0 Å². The van der Waals surface area contributed by atoms with E-state index >= 15 is 0 Å². The monoisotopic (exact) mass is 250 g/mol. The molecule has 0 aliphatic rings. The van der Waals surface area contributed by atoms with Crippen LogP contribution in [-0.2, 0) is 6.54 Å². The van der Waals surface area contributed by atoms with Gasteiger partial charge in [-0.25, -0.2) is 0 Å². The number of hydrogen-bond acceptors (Lipinski definition) is 2. The first-order valence-electron chi connectivity index (χ1n) is 4.88. The van der Waals surface area contributed by atoms with Gasteiger partial charge in [-0.1, -0.05) is 30.3 Å². The molecule has 0 bridgehead atoms. The van der Waals surface area contributed by atoms with E-state index < -0.39 is 0 Å². The summed E-state index contributed by atoms with van der Waals surface area (Å²) < 4.78 is 0. The first-order valence-corrected chi connectivity index (χ1v) is 4.88. The smallest absolute Gasteiger partial charge is 0.0205 e. The highest BCUT2D eigenvalue weighted by molar-refractivity contribution is 5.85. The first-order chi connectivity index (χ1) is 6.43. The van der Waals surface area contributed by atoms with Crippen molar-refractivity contribution in [1.82, 2.24) is 5.32 Å². The molecule has 2 nitrogen and oxygen atoms in total. The molecule has 3 N–H and O–H groups in total. The number of hydrogen-bond donors (Lipinski definition) is 2. The Morgan fingerprint density at radius 3 is 2.27 bits per heavy atom. The summed E-state index contributed by atoms with van der Waals surface area (Å²) in [5.74, 6) is 0. The Bertz CT molecular complexity index is 217. The maximum Gasteiger partial charge on any atom is 0.0205 e. The van der Waals surface area contributed by atoms with Gasteiger partial charge in [-0.2, -0.15) is 0 Å². The average Bonchev–Trinajstić information content (AvgIpc) is 2.19. The van der Waals surface area contributed by atoms with Gasteiger partial charge in [0.25, 0.3) is 0 Å². The molecule has 0 fully saturated rings. The lowest BCUT2D eigenvalue weighted by atomic mass is 10.2. The van der Waals surface area contributed by atoms with E-state index in [-0.39, 0.29) is 24.8 Å². The summed E-state index contributed by atoms with van der Waals surface area (Å²) in [5.41, 5.74) is 6.74. The number of nitrogens with one attached hydrogen (secondary N) is 1. The van der Waals surface area contributed by atoms with Crippen molar-refractivity contribution in [2.24, 2.45) is 5.73 Å². The second kappa shape index (κ2) is 11.8. The molecule has 0 unspecified atom stereocenters. The molecule has 0 atom stereocenters. The molecule has 15 heavy (non-hydrogen) atoms. The van der Waals surface area contributed by atoms with E-state index in [0.29, 0.717) is 0 Å². The SMILES string of the molecule is Cl.Cl.NCCCCNCc1ccccc1. The summed E-state index contributed by atoms with van der Waals surface area (Å²) in [5, 5.41) is 3.38. The third-order valence-electron chi connectivity index (χ3n) is 1.98. The van der Waals surface area contributed by atoms with Crippen LogP contribution in [0.1, 0.15) is 18.4 Å². The van der Waals surface area contributed by atoms with Crippen molar-refractivity contribution in [1.29, 1.82) is 0 Å². The van der Waals surface area contributed by atoms with Crippen LogP contribution in [-0.4, -0.2) is 13.1 Å². The van der Waals surface area contributed by atoms with Crippen molar-refractivity contribution in [3.05, 3.63) is 35.9 Å². The van der Waals surface area contributed by atoms with Crippen LogP contribution in [0.2, 0.25) is 0 Å². The molecule has 4 heteroatoms. The molecule has 0 aliphatic carbocycles. The van der Waals surface area contributed by atoms with Gasteiger partial charge in [-0.15, -0.1) is 24.8 Å². The van der Waals surface area contributed by atoms with Crippen LogP contribution in [0.25, 0.3) is 0 Å². The zero-order chi connectivity index (χ0) is 9.36. The Morgan fingerprint density at radius 1 is 1.00 bits per heavy atom. The Hall–Kier alpha value is -0.280. The van der Waals surface area contributed by atoms with E-state index in [2.05, 4.69) is 29.6 Å². The second-order valence-corrected chi connectivity index (χ2v) is 3.16. The highest BCUT2D eigenvalue weighted by atomic mass is 35.5. The van der Waals surface area contributed by atoms with E-state index in [0.717, 1.165) is 26.1 Å². The van der Waals surface area contributed by atoms with Crippen LogP contribution in [0, 0.1) is 0 Å². The largest absolute Gasteiger partial charge is 0.330 e. The molecule has 0 saturated carbocycles. The highest BCUT2D eigenvalue weighted by Gasteiger charge is 1.89. The summed E-state index contributed by atoms with van der Waals surface area (Å²) in [7, 11) is 0. The van der Waals surface area contributed by atoms with Gasteiger partial charge >= 0.3 is 0 Å². The minimum absolute atomic E-state index is 0. The van der Waals surface area contributed by atoms with Crippen molar-refractivity contribution >= 4 is 24.8 Å². The molecule has 0 heterocycles. The van der Waals surface area contributed by atoms with Crippen LogP contribution in [0.15, 0.2) is 30.3 Å². The van der Waals surface area contributed by atoms with Crippen LogP contribution in [0.4, 0.5) is 0 Å². The van der Waals surface area contributed by atoms with Crippen molar-refractivity contribution < 1.29 is 0 Å². The second-order valence-electron chi connectivity index (χ2n) is 3.16. The molecule has 0 spiro atoms. The van der Waals surface area contributed by atoms with Crippen LogP contribution < -0.4 is 11.1 Å². The molecule has 88 valence electrons. The third kappa shape index (κ3) is 8.70. The van der Waals surface area contributed by atoms with Gasteiger partial charge < -0.3 is 11.1 Å². The van der Waals surface area contributed by atoms with Crippen LogP contribution in [0.5, 0.6) is 0 Å². The van der Waals surface area contributed by atoms with E-state index in [1.54, 1.807) is 0 Å². The summed E-state index contributed by atoms with van der Waals surface area (Å²) >= 11 is 0. The lowest BCUT2D eigenvalue weighted by Gasteiger charge is -2.03. The lowest BCUT2D eigenvalue weighted by Crippen LogP contribution is -2.15. The van der Waals surface area contributed by atoms with Crippen molar-refractivity contribution in [3.63, 3.8) is 0 Å². The van der Waals surface area contributed by atoms with Crippen LogP contribution >= 0.6 is 24.8 Å². The van der Waals surface area contributed by atoms with Crippen molar-refractivity contribution in [2.75, 3.05) is 13.1 Å². The number of benzene rings is 1. The fraction of sp³-hybridized carbons (Fsp3) is 0.455. The quantitative estimate of drug-likeness (QED) is 0.762. The van der Waals surface area contributed by atoms with E-state index in [1.165, 1.54) is 12.0 Å². The Balaban J connectivity index is 0. The van der Waals surface area contributed by atoms with E-state index in [4.69, 9.17) is 5.73 Å². The first kappa shape index (κ1) is 17.1. The number of halogens is 2. The molecule has 1 rings (SSSR count). The summed E-state index contributed by atoms with van der Waals surface area (Å²) in [4.78, 5) is 0. The van der Waals surface area contributed by atoms with Gasteiger partial charge in [0.15, 0.2) is 0 Å². The Morgan fingerprint density at radius 2 is 1.67 bits per heavy atom. The molecular weight excluding hydrogens is 231 g/mol. The summed E-state index contributed by atoms with van der Waals surface area (Å²) in [6.45, 7) is 2.82. The average molecular weight is 251 g/mol. The van der Waals surface area contributed by atoms with Gasteiger partial charge in [-0.05, 0) is 31.5 Å². The maximum absolute atomic E-state index is 5.39. The molecule has 1 aromatic rings. The summed E-state index contributed by atoms with van der Waals surface area (Å²) in [6.07, 6.45) is 2.28. The topological polar surface area (TPSA) is 38.0 Å². The number of unbranched alkanes of at least 4 members (excludes halogenated alkanes) is 1. The minimum atomic E-state index is 0.